The highest BCUT2D eigenvalue weighted by Crippen LogP contribution is 2.38. The topological polar surface area (TPSA) is 64.8 Å². The lowest BCUT2D eigenvalue weighted by Crippen LogP contribution is -3.05. The normalized spacial score (nSPS) is 41.6. The van der Waals surface area contributed by atoms with E-state index < -0.39 is 11.5 Å². The van der Waals surface area contributed by atoms with Gasteiger partial charge in [0.05, 0.1) is 13.6 Å². The van der Waals surface area contributed by atoms with E-state index in [-0.39, 0.29) is 17.4 Å². The Hall–Kier alpha value is -0.450. The minimum absolute atomic E-state index is 0.0487. The molecule has 0 amide bonds. The first-order valence-corrected chi connectivity index (χ1v) is 3.20. The van der Waals surface area contributed by atoms with Crippen molar-refractivity contribution in [3.63, 3.8) is 0 Å². The van der Waals surface area contributed by atoms with Gasteiger partial charge >= 0.3 is 0 Å². The Morgan fingerprint density at radius 3 is 2.40 bits per heavy atom. The molecule has 0 radical (unpaired) electrons. The van der Waals surface area contributed by atoms with Crippen molar-refractivity contribution in [1.82, 2.24) is 0 Å². The van der Waals surface area contributed by atoms with Crippen LogP contribution < -0.4 is 5.06 Å². The van der Waals surface area contributed by atoms with Crippen LogP contribution >= 0.6 is 0 Å². The average Bonchev–Trinajstić information content (AvgIpc) is 2.18. The fraction of sp³-hybridized carbons (Fsp3) is 0.833. The summed E-state index contributed by atoms with van der Waals surface area (Å²) in [6.07, 6.45) is -0.892. The van der Waals surface area contributed by atoms with Gasteiger partial charge in [0.25, 0.3) is 0 Å². The van der Waals surface area contributed by atoms with E-state index in [0.717, 1.165) is 0 Å². The third-order valence-corrected chi connectivity index (χ3v) is 1.95. The van der Waals surface area contributed by atoms with E-state index >= 15 is 0 Å². The van der Waals surface area contributed by atoms with Crippen LogP contribution in [0, 0.1) is 10.6 Å². The molecule has 0 aromatic carbocycles. The van der Waals surface area contributed by atoms with Crippen LogP contribution in [0.4, 0.5) is 0 Å². The van der Waals surface area contributed by atoms with E-state index in [9.17, 15) is 10.0 Å². The van der Waals surface area contributed by atoms with Crippen LogP contribution in [-0.4, -0.2) is 30.6 Å². The molecule has 4 heteroatoms. The lowest BCUT2D eigenvalue weighted by molar-refractivity contribution is -0.830. The van der Waals surface area contributed by atoms with E-state index in [1.807, 2.05) is 0 Å². The van der Waals surface area contributed by atoms with Crippen LogP contribution in [0.15, 0.2) is 0 Å². The minimum atomic E-state index is -0.892. The number of ketones is 1. The number of Topliss-reactive ketones (excluding diaryl/α,β-unsaturated/α-hetero) is 1. The monoisotopic (exact) mass is 145 g/mol. The number of hydrogen-bond acceptors (Lipinski definition) is 3. The maximum atomic E-state index is 10.7. The lowest BCUT2D eigenvalue weighted by atomic mass is 10.1. The number of carbonyl (C=O) groups excluding carboxylic acids is 1. The summed E-state index contributed by atoms with van der Waals surface area (Å²) in [6.45, 7) is 1.79. The van der Waals surface area contributed by atoms with Gasteiger partial charge in [-0.1, -0.05) is 0 Å². The molecule has 2 N–H and O–H groups in total. The molecule has 0 aromatic rings. The van der Waals surface area contributed by atoms with Crippen molar-refractivity contribution in [3.8, 4) is 0 Å². The van der Waals surface area contributed by atoms with Crippen LogP contribution in [0.3, 0.4) is 0 Å². The largest absolute Gasteiger partial charge is 0.634 e. The molecule has 1 fully saturated rings. The SMILES string of the molecule is C[NH+]([O-])CC1(C)C(=O)C1O. The molecular formula is C6H11NO3. The van der Waals surface area contributed by atoms with Crippen LogP contribution in [0.2, 0.25) is 0 Å². The Kier molecular flexibility index (Phi) is 1.54. The van der Waals surface area contributed by atoms with E-state index in [1.165, 1.54) is 7.05 Å². The van der Waals surface area contributed by atoms with Crippen LogP contribution in [0.1, 0.15) is 6.92 Å². The summed E-state index contributed by atoms with van der Waals surface area (Å²) in [5.41, 5.74) is -0.744. The molecule has 0 saturated heterocycles. The Morgan fingerprint density at radius 2 is 2.30 bits per heavy atom. The van der Waals surface area contributed by atoms with Gasteiger partial charge in [0.15, 0.2) is 5.78 Å². The molecule has 3 atom stereocenters. The predicted molar refractivity (Wildman–Crippen MR) is 34.2 cm³/mol. The van der Waals surface area contributed by atoms with Gasteiger partial charge in [-0.2, -0.15) is 0 Å². The Balaban J connectivity index is 2.50. The zero-order valence-electron chi connectivity index (χ0n) is 6.05. The fourth-order valence-corrected chi connectivity index (χ4v) is 1.13. The van der Waals surface area contributed by atoms with Crippen molar-refractivity contribution in [2.75, 3.05) is 13.6 Å². The van der Waals surface area contributed by atoms with Gasteiger partial charge in [0.2, 0.25) is 0 Å². The highest BCUT2D eigenvalue weighted by atomic mass is 16.5. The number of hydroxylamine groups is 2. The molecule has 0 spiro atoms. The molecule has 0 bridgehead atoms. The number of aliphatic hydroxyl groups excluding tert-OH is 1. The molecule has 1 rings (SSSR count). The standard InChI is InChI=1S/C6H11NO3/c1-6(3-7(2)10)4(8)5(6)9/h4,7-8H,3H2,1-2H3. The molecule has 0 aliphatic heterocycles. The Morgan fingerprint density at radius 1 is 1.90 bits per heavy atom. The fourth-order valence-electron chi connectivity index (χ4n) is 1.13. The Labute approximate surface area is 59.0 Å². The summed E-state index contributed by atoms with van der Waals surface area (Å²) < 4.78 is 0. The van der Waals surface area contributed by atoms with Crippen molar-refractivity contribution in [2.24, 2.45) is 5.41 Å². The average molecular weight is 145 g/mol. The second-order valence-electron chi connectivity index (χ2n) is 3.06. The maximum absolute atomic E-state index is 10.7. The van der Waals surface area contributed by atoms with Crippen LogP contribution in [0.25, 0.3) is 0 Å². The molecule has 1 aliphatic rings. The summed E-state index contributed by atoms with van der Waals surface area (Å²) in [4.78, 5) is 10.7. The van der Waals surface area contributed by atoms with Gasteiger partial charge in [-0.15, -0.1) is 0 Å². The number of nitrogens with one attached hydrogen (secondary N) is 1. The summed E-state index contributed by atoms with van der Waals surface area (Å²) in [6, 6.07) is 0. The number of aliphatic hydroxyl groups is 1. The smallest absolute Gasteiger partial charge is 0.177 e. The highest BCUT2D eigenvalue weighted by molar-refractivity contribution is 6.06. The van der Waals surface area contributed by atoms with Crippen molar-refractivity contribution in [1.29, 1.82) is 0 Å². The Bertz CT molecular complexity index is 168. The maximum Gasteiger partial charge on any atom is 0.177 e. The number of rotatable bonds is 2. The van der Waals surface area contributed by atoms with Crippen LogP contribution in [0.5, 0.6) is 0 Å². The number of hydrogen-bond donors (Lipinski definition) is 2. The van der Waals surface area contributed by atoms with Gasteiger partial charge in [-0.25, -0.2) is 0 Å². The summed E-state index contributed by atoms with van der Waals surface area (Å²) in [5, 5.41) is 19.4. The summed E-state index contributed by atoms with van der Waals surface area (Å²) in [5.74, 6) is -0.206. The van der Waals surface area contributed by atoms with Gasteiger partial charge in [0.1, 0.15) is 11.5 Å². The van der Waals surface area contributed by atoms with Crippen LogP contribution in [-0.2, 0) is 4.79 Å². The first-order valence-electron chi connectivity index (χ1n) is 3.20. The molecule has 0 heterocycles. The summed E-state index contributed by atoms with van der Waals surface area (Å²) in [7, 11) is 1.42. The minimum Gasteiger partial charge on any atom is -0.634 e. The van der Waals surface area contributed by atoms with E-state index in [0.29, 0.717) is 0 Å². The third-order valence-electron chi connectivity index (χ3n) is 1.95. The molecule has 1 aliphatic carbocycles. The molecule has 1 saturated carbocycles. The third kappa shape index (κ3) is 0.941. The van der Waals surface area contributed by atoms with Crippen molar-refractivity contribution < 1.29 is 15.0 Å². The quantitative estimate of drug-likeness (QED) is 0.439. The van der Waals surface area contributed by atoms with Gasteiger partial charge < -0.3 is 15.4 Å². The van der Waals surface area contributed by atoms with Gasteiger partial charge in [0, 0.05) is 0 Å². The van der Waals surface area contributed by atoms with Gasteiger partial charge in [-0.05, 0) is 6.92 Å². The zero-order valence-corrected chi connectivity index (χ0v) is 6.05. The van der Waals surface area contributed by atoms with Crippen molar-refractivity contribution >= 4 is 5.78 Å². The summed E-state index contributed by atoms with van der Waals surface area (Å²) >= 11 is 0. The van der Waals surface area contributed by atoms with Gasteiger partial charge in [-0.3, -0.25) is 4.79 Å². The predicted octanol–water partition coefficient (Wildman–Crippen LogP) is -2.05. The van der Waals surface area contributed by atoms with Crippen molar-refractivity contribution in [2.45, 2.75) is 13.0 Å². The highest BCUT2D eigenvalue weighted by Gasteiger charge is 2.62. The first kappa shape index (κ1) is 7.65. The first-order chi connectivity index (χ1) is 4.48. The molecule has 58 valence electrons. The molecule has 4 nitrogen and oxygen atoms in total. The molecule has 3 unspecified atom stereocenters. The lowest BCUT2D eigenvalue weighted by Gasteiger charge is -2.18. The number of quaternary nitrogens is 1. The number of carbonyl (C=O) groups is 1. The van der Waals surface area contributed by atoms with E-state index in [1.54, 1.807) is 6.92 Å². The molecule has 0 aromatic heterocycles. The zero-order chi connectivity index (χ0) is 7.94. The van der Waals surface area contributed by atoms with Crippen molar-refractivity contribution in [3.05, 3.63) is 5.21 Å². The second kappa shape index (κ2) is 2.02. The van der Waals surface area contributed by atoms with E-state index in [4.69, 9.17) is 5.11 Å². The molecule has 10 heavy (non-hydrogen) atoms. The molecular weight excluding hydrogens is 134 g/mol. The second-order valence-corrected chi connectivity index (χ2v) is 3.06. The van der Waals surface area contributed by atoms with E-state index in [2.05, 4.69) is 0 Å².